The molecule has 0 radical (unpaired) electrons. The Kier molecular flexibility index (Phi) is 5.83. The summed E-state index contributed by atoms with van der Waals surface area (Å²) in [5.74, 6) is 1.12. The summed E-state index contributed by atoms with van der Waals surface area (Å²) in [6.45, 7) is 4.26. The van der Waals surface area contributed by atoms with Crippen molar-refractivity contribution in [3.8, 4) is 0 Å². The third kappa shape index (κ3) is 4.90. The Hall–Kier alpha value is -2.18. The third-order valence-electron chi connectivity index (χ3n) is 3.67. The van der Waals surface area contributed by atoms with E-state index in [9.17, 15) is 4.79 Å². The van der Waals surface area contributed by atoms with Gasteiger partial charge in [0.1, 0.15) is 0 Å². The smallest absolute Gasteiger partial charge is 0.257 e. The molecular weight excluding hydrogens is 350 g/mol. The minimum absolute atomic E-state index is 0.161. The highest BCUT2D eigenvalue weighted by molar-refractivity contribution is 8.00. The molecule has 0 aliphatic carbocycles. The second-order valence-electron chi connectivity index (χ2n) is 5.88. The SMILES string of the molecule is CC(C)c1ccc(C(=O)Nc2nnc(SCc3ccccc3)s2)cc1. The third-order valence-corrected chi connectivity index (χ3v) is 5.71. The summed E-state index contributed by atoms with van der Waals surface area (Å²) in [7, 11) is 0. The molecule has 1 amide bonds. The molecular formula is C19H19N3OS2. The van der Waals surface area contributed by atoms with E-state index in [1.54, 1.807) is 11.8 Å². The average molecular weight is 370 g/mol. The molecule has 128 valence electrons. The van der Waals surface area contributed by atoms with Gasteiger partial charge in [-0.25, -0.2) is 0 Å². The van der Waals surface area contributed by atoms with Crippen molar-refractivity contribution in [1.29, 1.82) is 0 Å². The van der Waals surface area contributed by atoms with Crippen molar-refractivity contribution < 1.29 is 4.79 Å². The summed E-state index contributed by atoms with van der Waals surface area (Å²) in [4.78, 5) is 12.3. The van der Waals surface area contributed by atoms with Crippen molar-refractivity contribution in [2.45, 2.75) is 29.9 Å². The van der Waals surface area contributed by atoms with Crippen molar-refractivity contribution in [2.75, 3.05) is 5.32 Å². The first-order valence-corrected chi connectivity index (χ1v) is 9.83. The van der Waals surface area contributed by atoms with Gasteiger partial charge in [0.2, 0.25) is 5.13 Å². The first-order valence-electron chi connectivity index (χ1n) is 8.03. The molecule has 0 saturated heterocycles. The van der Waals surface area contributed by atoms with Gasteiger partial charge in [-0.1, -0.05) is 79.4 Å². The van der Waals surface area contributed by atoms with Gasteiger partial charge < -0.3 is 0 Å². The van der Waals surface area contributed by atoms with E-state index in [-0.39, 0.29) is 5.91 Å². The summed E-state index contributed by atoms with van der Waals surface area (Å²) in [6, 6.07) is 17.9. The summed E-state index contributed by atoms with van der Waals surface area (Å²) >= 11 is 3.01. The van der Waals surface area contributed by atoms with E-state index in [0.717, 1.165) is 10.1 Å². The Morgan fingerprint density at radius 1 is 1.08 bits per heavy atom. The maximum Gasteiger partial charge on any atom is 0.257 e. The molecule has 0 aliphatic heterocycles. The summed E-state index contributed by atoms with van der Waals surface area (Å²) in [6.07, 6.45) is 0. The molecule has 0 fully saturated rings. The Balaban J connectivity index is 1.58. The predicted molar refractivity (Wildman–Crippen MR) is 104 cm³/mol. The van der Waals surface area contributed by atoms with Crippen molar-refractivity contribution in [1.82, 2.24) is 10.2 Å². The van der Waals surface area contributed by atoms with Crippen LogP contribution in [0.1, 0.15) is 41.3 Å². The minimum Gasteiger partial charge on any atom is -0.296 e. The van der Waals surface area contributed by atoms with Crippen LogP contribution in [-0.4, -0.2) is 16.1 Å². The van der Waals surface area contributed by atoms with E-state index in [2.05, 4.69) is 41.5 Å². The number of nitrogens with one attached hydrogen (secondary N) is 1. The molecule has 0 spiro atoms. The standard InChI is InChI=1S/C19H19N3OS2/c1-13(2)15-8-10-16(11-9-15)17(23)20-18-21-22-19(25-18)24-12-14-6-4-3-5-7-14/h3-11,13H,12H2,1-2H3,(H,20,21,23). The molecule has 0 unspecified atom stereocenters. The predicted octanol–water partition coefficient (Wildman–Crippen LogP) is 5.21. The fraction of sp³-hybridized carbons (Fsp3) is 0.211. The highest BCUT2D eigenvalue weighted by Crippen LogP contribution is 2.28. The van der Waals surface area contributed by atoms with Crippen LogP contribution in [0.2, 0.25) is 0 Å². The topological polar surface area (TPSA) is 54.9 Å². The van der Waals surface area contributed by atoms with Gasteiger partial charge in [0.05, 0.1) is 0 Å². The fourth-order valence-electron chi connectivity index (χ4n) is 2.23. The number of thioether (sulfide) groups is 1. The van der Waals surface area contributed by atoms with Crippen LogP contribution in [0, 0.1) is 0 Å². The zero-order valence-electron chi connectivity index (χ0n) is 14.1. The highest BCUT2D eigenvalue weighted by atomic mass is 32.2. The van der Waals surface area contributed by atoms with Crippen molar-refractivity contribution in [3.05, 3.63) is 71.3 Å². The molecule has 2 aromatic carbocycles. The van der Waals surface area contributed by atoms with Gasteiger partial charge in [0, 0.05) is 11.3 Å². The largest absolute Gasteiger partial charge is 0.296 e. The number of carbonyl (C=O) groups excluding carboxylic acids is 1. The first-order chi connectivity index (χ1) is 12.1. The summed E-state index contributed by atoms with van der Waals surface area (Å²) < 4.78 is 0.842. The quantitative estimate of drug-likeness (QED) is 0.479. The van der Waals surface area contributed by atoms with E-state index in [4.69, 9.17) is 0 Å². The van der Waals surface area contributed by atoms with Crippen LogP contribution in [0.3, 0.4) is 0 Å². The van der Waals surface area contributed by atoms with Crippen LogP contribution in [0.25, 0.3) is 0 Å². The summed E-state index contributed by atoms with van der Waals surface area (Å²) in [5.41, 5.74) is 3.07. The van der Waals surface area contributed by atoms with Crippen LogP contribution >= 0.6 is 23.1 Å². The second kappa shape index (κ2) is 8.27. The fourth-order valence-corrected chi connectivity index (χ4v) is 3.93. The lowest BCUT2D eigenvalue weighted by Crippen LogP contribution is -2.11. The van der Waals surface area contributed by atoms with E-state index >= 15 is 0 Å². The number of hydrogen-bond acceptors (Lipinski definition) is 5. The maximum absolute atomic E-state index is 12.3. The van der Waals surface area contributed by atoms with Crippen LogP contribution < -0.4 is 5.32 Å². The van der Waals surface area contributed by atoms with Crippen LogP contribution in [0.15, 0.2) is 58.9 Å². The highest BCUT2D eigenvalue weighted by Gasteiger charge is 2.11. The number of benzene rings is 2. The molecule has 4 nitrogen and oxygen atoms in total. The zero-order valence-corrected chi connectivity index (χ0v) is 15.7. The molecule has 6 heteroatoms. The number of hydrogen-bond donors (Lipinski definition) is 1. The molecule has 1 heterocycles. The van der Waals surface area contributed by atoms with Gasteiger partial charge in [-0.15, -0.1) is 10.2 Å². The van der Waals surface area contributed by atoms with Gasteiger partial charge >= 0.3 is 0 Å². The van der Waals surface area contributed by atoms with Gasteiger partial charge in [0.15, 0.2) is 4.34 Å². The van der Waals surface area contributed by atoms with E-state index in [1.165, 1.54) is 22.5 Å². The van der Waals surface area contributed by atoms with Crippen LogP contribution in [0.5, 0.6) is 0 Å². The normalized spacial score (nSPS) is 10.8. The molecule has 0 aliphatic rings. The number of rotatable bonds is 6. The maximum atomic E-state index is 12.3. The number of amides is 1. The molecule has 0 atom stereocenters. The zero-order chi connectivity index (χ0) is 17.6. The lowest BCUT2D eigenvalue weighted by Gasteiger charge is -2.06. The van der Waals surface area contributed by atoms with Gasteiger partial charge in [0.25, 0.3) is 5.91 Å². The van der Waals surface area contributed by atoms with Crippen molar-refractivity contribution >= 4 is 34.1 Å². The number of aromatic nitrogens is 2. The molecule has 25 heavy (non-hydrogen) atoms. The molecule has 0 bridgehead atoms. The van der Waals surface area contributed by atoms with Gasteiger partial charge in [-0.3, -0.25) is 10.1 Å². The lowest BCUT2D eigenvalue weighted by molar-refractivity contribution is 0.102. The average Bonchev–Trinajstić information content (AvgIpc) is 3.08. The summed E-state index contributed by atoms with van der Waals surface area (Å²) in [5, 5.41) is 11.5. The van der Waals surface area contributed by atoms with E-state index < -0.39 is 0 Å². The van der Waals surface area contributed by atoms with Gasteiger partial charge in [-0.2, -0.15) is 0 Å². The van der Waals surface area contributed by atoms with E-state index in [0.29, 0.717) is 16.6 Å². The second-order valence-corrected chi connectivity index (χ2v) is 8.08. The molecule has 3 rings (SSSR count). The number of anilines is 1. The Morgan fingerprint density at radius 3 is 2.48 bits per heavy atom. The van der Waals surface area contributed by atoms with E-state index in [1.807, 2.05) is 42.5 Å². The minimum atomic E-state index is -0.161. The molecule has 1 aromatic heterocycles. The number of carbonyl (C=O) groups is 1. The Bertz CT molecular complexity index is 829. The molecule has 3 aromatic rings. The van der Waals surface area contributed by atoms with Crippen LogP contribution in [0.4, 0.5) is 5.13 Å². The molecule has 0 saturated carbocycles. The monoisotopic (exact) mass is 369 g/mol. The first kappa shape index (κ1) is 17.6. The Morgan fingerprint density at radius 2 is 1.80 bits per heavy atom. The lowest BCUT2D eigenvalue weighted by atomic mass is 10.0. The van der Waals surface area contributed by atoms with Crippen molar-refractivity contribution in [3.63, 3.8) is 0 Å². The Labute approximate surface area is 155 Å². The van der Waals surface area contributed by atoms with Gasteiger partial charge in [-0.05, 0) is 29.2 Å². The number of nitrogens with zero attached hydrogens (tertiary/aromatic N) is 2. The molecule has 1 N–H and O–H groups in total. The van der Waals surface area contributed by atoms with Crippen molar-refractivity contribution in [2.24, 2.45) is 0 Å². The van der Waals surface area contributed by atoms with Crippen LogP contribution in [-0.2, 0) is 5.75 Å².